The van der Waals surface area contributed by atoms with E-state index in [0.717, 1.165) is 31.6 Å². The quantitative estimate of drug-likeness (QED) is 0.868. The Morgan fingerprint density at radius 1 is 1.41 bits per heavy atom. The molecule has 0 aliphatic carbocycles. The van der Waals surface area contributed by atoms with Crippen LogP contribution in [0.1, 0.15) is 31.2 Å². The number of anilines is 1. The first-order valence-corrected chi connectivity index (χ1v) is 6.22. The van der Waals surface area contributed by atoms with Crippen LogP contribution in [-0.4, -0.2) is 18.6 Å². The molecule has 1 aromatic rings. The topological polar surface area (TPSA) is 38.3 Å². The fraction of sp³-hybridized carbons (Fsp3) is 0.500. The van der Waals surface area contributed by atoms with E-state index >= 15 is 0 Å². The SMILES string of the molecule is Cc1ccc(NC(=O)CCC2CCCO2)cc1. The minimum Gasteiger partial charge on any atom is -0.378 e. The number of hydrogen-bond acceptors (Lipinski definition) is 2. The van der Waals surface area contributed by atoms with E-state index in [9.17, 15) is 4.79 Å². The van der Waals surface area contributed by atoms with Gasteiger partial charge < -0.3 is 10.1 Å². The first kappa shape index (κ1) is 12.1. The van der Waals surface area contributed by atoms with Gasteiger partial charge in [-0.3, -0.25) is 4.79 Å². The predicted octanol–water partition coefficient (Wildman–Crippen LogP) is 2.89. The molecular formula is C14H19NO2. The lowest BCUT2D eigenvalue weighted by Crippen LogP contribution is -2.15. The van der Waals surface area contributed by atoms with E-state index in [1.54, 1.807) is 0 Å². The second-order valence-electron chi connectivity index (χ2n) is 4.59. The third kappa shape index (κ3) is 3.86. The van der Waals surface area contributed by atoms with Crippen molar-refractivity contribution >= 4 is 11.6 Å². The van der Waals surface area contributed by atoms with Crippen LogP contribution in [0.15, 0.2) is 24.3 Å². The van der Waals surface area contributed by atoms with Gasteiger partial charge in [0.2, 0.25) is 5.91 Å². The second-order valence-corrected chi connectivity index (χ2v) is 4.59. The summed E-state index contributed by atoms with van der Waals surface area (Å²) in [5.74, 6) is 0.0735. The van der Waals surface area contributed by atoms with Gasteiger partial charge in [-0.1, -0.05) is 17.7 Å². The van der Waals surface area contributed by atoms with Gasteiger partial charge in [0.15, 0.2) is 0 Å². The van der Waals surface area contributed by atoms with Gasteiger partial charge in [0, 0.05) is 18.7 Å². The minimum absolute atomic E-state index is 0.0735. The van der Waals surface area contributed by atoms with Crippen molar-refractivity contribution in [3.8, 4) is 0 Å². The molecule has 1 saturated heterocycles. The number of nitrogens with one attached hydrogen (secondary N) is 1. The van der Waals surface area contributed by atoms with Crippen molar-refractivity contribution in [2.45, 2.75) is 38.7 Å². The Kier molecular flexibility index (Phi) is 4.15. The molecule has 2 rings (SSSR count). The molecule has 1 aliphatic heterocycles. The van der Waals surface area contributed by atoms with Crippen LogP contribution in [0, 0.1) is 6.92 Å². The van der Waals surface area contributed by atoms with Crippen LogP contribution in [0.4, 0.5) is 5.69 Å². The zero-order valence-corrected chi connectivity index (χ0v) is 10.2. The Hall–Kier alpha value is -1.35. The monoisotopic (exact) mass is 233 g/mol. The Bertz CT molecular complexity index is 366. The summed E-state index contributed by atoms with van der Waals surface area (Å²) in [6.07, 6.45) is 3.89. The van der Waals surface area contributed by atoms with Crippen molar-refractivity contribution < 1.29 is 9.53 Å². The summed E-state index contributed by atoms with van der Waals surface area (Å²) in [5.41, 5.74) is 2.07. The first-order chi connectivity index (χ1) is 8.24. The molecule has 0 spiro atoms. The Balaban J connectivity index is 1.74. The lowest BCUT2D eigenvalue weighted by molar-refractivity contribution is -0.116. The van der Waals surface area contributed by atoms with Crippen LogP contribution in [0.25, 0.3) is 0 Å². The van der Waals surface area contributed by atoms with Crippen molar-refractivity contribution in [1.82, 2.24) is 0 Å². The van der Waals surface area contributed by atoms with Gasteiger partial charge >= 0.3 is 0 Å². The molecule has 1 amide bonds. The van der Waals surface area contributed by atoms with Crippen LogP contribution in [-0.2, 0) is 9.53 Å². The zero-order chi connectivity index (χ0) is 12.1. The van der Waals surface area contributed by atoms with E-state index in [0.29, 0.717) is 12.5 Å². The standard InChI is InChI=1S/C14H19NO2/c1-11-4-6-12(7-5-11)15-14(16)9-8-13-3-2-10-17-13/h4-7,13H,2-3,8-10H2,1H3,(H,15,16). The number of aryl methyl sites for hydroxylation is 1. The maximum absolute atomic E-state index is 11.7. The molecule has 0 bridgehead atoms. The van der Waals surface area contributed by atoms with Gasteiger partial charge in [-0.25, -0.2) is 0 Å². The summed E-state index contributed by atoms with van der Waals surface area (Å²) in [6.45, 7) is 2.88. The van der Waals surface area contributed by atoms with E-state index in [-0.39, 0.29) is 5.91 Å². The van der Waals surface area contributed by atoms with Gasteiger partial charge in [0.05, 0.1) is 6.10 Å². The lowest BCUT2D eigenvalue weighted by Gasteiger charge is -2.09. The van der Waals surface area contributed by atoms with Crippen molar-refractivity contribution in [1.29, 1.82) is 0 Å². The molecule has 92 valence electrons. The molecule has 3 heteroatoms. The van der Waals surface area contributed by atoms with Crippen molar-refractivity contribution in [3.63, 3.8) is 0 Å². The summed E-state index contributed by atoms with van der Waals surface area (Å²) in [6, 6.07) is 7.85. The molecule has 1 N–H and O–H groups in total. The van der Waals surface area contributed by atoms with Crippen LogP contribution >= 0.6 is 0 Å². The minimum atomic E-state index is 0.0735. The van der Waals surface area contributed by atoms with Gasteiger partial charge in [-0.05, 0) is 38.3 Å². The molecule has 1 heterocycles. The van der Waals surface area contributed by atoms with E-state index in [1.165, 1.54) is 5.56 Å². The lowest BCUT2D eigenvalue weighted by atomic mass is 10.1. The summed E-state index contributed by atoms with van der Waals surface area (Å²) >= 11 is 0. The van der Waals surface area contributed by atoms with Crippen LogP contribution in [0.3, 0.4) is 0 Å². The number of amides is 1. The fourth-order valence-corrected chi connectivity index (χ4v) is 2.02. The van der Waals surface area contributed by atoms with Crippen molar-refractivity contribution in [2.75, 3.05) is 11.9 Å². The van der Waals surface area contributed by atoms with Gasteiger partial charge in [0.25, 0.3) is 0 Å². The molecule has 3 nitrogen and oxygen atoms in total. The highest BCUT2D eigenvalue weighted by atomic mass is 16.5. The number of carbonyl (C=O) groups excluding carboxylic acids is 1. The number of benzene rings is 1. The molecule has 1 aliphatic rings. The van der Waals surface area contributed by atoms with Gasteiger partial charge in [-0.2, -0.15) is 0 Å². The van der Waals surface area contributed by atoms with Crippen LogP contribution < -0.4 is 5.32 Å². The molecule has 1 atom stereocenters. The molecule has 0 aromatic heterocycles. The maximum Gasteiger partial charge on any atom is 0.224 e. The van der Waals surface area contributed by atoms with Gasteiger partial charge in [-0.15, -0.1) is 0 Å². The van der Waals surface area contributed by atoms with Crippen molar-refractivity contribution in [3.05, 3.63) is 29.8 Å². The average Bonchev–Trinajstić information content (AvgIpc) is 2.83. The number of hydrogen-bond donors (Lipinski definition) is 1. The maximum atomic E-state index is 11.7. The van der Waals surface area contributed by atoms with E-state index < -0.39 is 0 Å². The molecule has 0 saturated carbocycles. The number of carbonyl (C=O) groups is 1. The molecule has 1 fully saturated rings. The highest BCUT2D eigenvalue weighted by molar-refractivity contribution is 5.90. The molecular weight excluding hydrogens is 214 g/mol. The highest BCUT2D eigenvalue weighted by Crippen LogP contribution is 2.17. The fourth-order valence-electron chi connectivity index (χ4n) is 2.02. The van der Waals surface area contributed by atoms with Crippen molar-refractivity contribution in [2.24, 2.45) is 0 Å². The molecule has 1 aromatic carbocycles. The largest absolute Gasteiger partial charge is 0.378 e. The van der Waals surface area contributed by atoms with E-state index in [4.69, 9.17) is 4.74 Å². The summed E-state index contributed by atoms with van der Waals surface area (Å²) in [4.78, 5) is 11.7. The van der Waals surface area contributed by atoms with E-state index in [2.05, 4.69) is 5.32 Å². The van der Waals surface area contributed by atoms with Crippen LogP contribution in [0.5, 0.6) is 0 Å². The Morgan fingerprint density at radius 3 is 2.82 bits per heavy atom. The Morgan fingerprint density at radius 2 is 2.18 bits per heavy atom. The summed E-state index contributed by atoms with van der Waals surface area (Å²) < 4.78 is 5.49. The first-order valence-electron chi connectivity index (χ1n) is 6.22. The Labute approximate surface area is 102 Å². The third-order valence-electron chi connectivity index (χ3n) is 3.05. The highest BCUT2D eigenvalue weighted by Gasteiger charge is 2.16. The normalized spacial score (nSPS) is 19.2. The molecule has 17 heavy (non-hydrogen) atoms. The average molecular weight is 233 g/mol. The van der Waals surface area contributed by atoms with Crippen LogP contribution in [0.2, 0.25) is 0 Å². The van der Waals surface area contributed by atoms with Gasteiger partial charge in [0.1, 0.15) is 0 Å². The number of rotatable bonds is 4. The second kappa shape index (κ2) is 5.82. The summed E-state index contributed by atoms with van der Waals surface area (Å²) in [5, 5.41) is 2.90. The number of ether oxygens (including phenoxy) is 1. The predicted molar refractivity (Wildman–Crippen MR) is 68.0 cm³/mol. The smallest absolute Gasteiger partial charge is 0.224 e. The zero-order valence-electron chi connectivity index (χ0n) is 10.2. The molecule has 0 radical (unpaired) electrons. The van der Waals surface area contributed by atoms with E-state index in [1.807, 2.05) is 31.2 Å². The summed E-state index contributed by atoms with van der Waals surface area (Å²) in [7, 11) is 0. The molecule has 1 unspecified atom stereocenters. The third-order valence-corrected chi connectivity index (χ3v) is 3.05.